The first-order valence-electron chi connectivity index (χ1n) is 4.21. The molecule has 1 aromatic rings. The molecular formula is C11H10BrNO2. The van der Waals surface area contributed by atoms with Crippen molar-refractivity contribution >= 4 is 21.7 Å². The Kier molecular flexibility index (Phi) is 4.19. The molecule has 15 heavy (non-hydrogen) atoms. The second kappa shape index (κ2) is 5.42. The summed E-state index contributed by atoms with van der Waals surface area (Å²) < 4.78 is 11.0. The Hall–Kier alpha value is -1.47. The molecule has 3 nitrogen and oxygen atoms in total. The molecule has 0 unspecified atom stereocenters. The van der Waals surface area contributed by atoms with Gasteiger partial charge in [0.1, 0.15) is 6.07 Å². The van der Waals surface area contributed by atoms with E-state index < -0.39 is 0 Å². The van der Waals surface area contributed by atoms with Crippen LogP contribution < -0.4 is 0 Å². The van der Waals surface area contributed by atoms with Gasteiger partial charge in [0.25, 0.3) is 0 Å². The van der Waals surface area contributed by atoms with Crippen LogP contribution in [0, 0.1) is 11.3 Å². The molecule has 0 saturated carbocycles. The molecule has 78 valence electrons. The maximum atomic E-state index is 8.83. The fraction of sp³-hybridized carbons (Fsp3) is 0.182. The molecule has 1 rings (SSSR count). The van der Waals surface area contributed by atoms with Gasteiger partial charge in [-0.15, -0.1) is 0 Å². The molecule has 0 aromatic heterocycles. The van der Waals surface area contributed by atoms with Gasteiger partial charge in [-0.25, -0.2) is 0 Å². The zero-order chi connectivity index (χ0) is 11.3. The van der Waals surface area contributed by atoms with E-state index in [9.17, 15) is 0 Å². The Balaban J connectivity index is 3.25. The molecule has 0 aliphatic carbocycles. The van der Waals surface area contributed by atoms with E-state index in [-0.39, 0.29) is 5.76 Å². The second-order valence-electron chi connectivity index (χ2n) is 2.69. The highest BCUT2D eigenvalue weighted by molar-refractivity contribution is 9.10. The number of methoxy groups -OCH3 is 2. The van der Waals surface area contributed by atoms with Crippen molar-refractivity contribution in [1.82, 2.24) is 0 Å². The molecule has 0 amide bonds. The van der Waals surface area contributed by atoms with Crippen molar-refractivity contribution in [1.29, 1.82) is 5.26 Å². The lowest BCUT2D eigenvalue weighted by atomic mass is 10.2. The van der Waals surface area contributed by atoms with Gasteiger partial charge < -0.3 is 9.47 Å². The van der Waals surface area contributed by atoms with Crippen LogP contribution in [0.5, 0.6) is 0 Å². The third-order valence-corrected chi connectivity index (χ3v) is 2.30. The van der Waals surface area contributed by atoms with Crippen molar-refractivity contribution in [3.63, 3.8) is 0 Å². The van der Waals surface area contributed by atoms with Crippen LogP contribution in [-0.2, 0) is 9.47 Å². The SMILES string of the molecule is COC(C#N)=C(OC)c1cccc(Br)c1. The number of hydrogen-bond donors (Lipinski definition) is 0. The van der Waals surface area contributed by atoms with E-state index in [1.54, 1.807) is 0 Å². The van der Waals surface area contributed by atoms with Gasteiger partial charge in [-0.2, -0.15) is 5.26 Å². The Labute approximate surface area is 97.1 Å². The number of hydrogen-bond acceptors (Lipinski definition) is 3. The number of rotatable bonds is 3. The van der Waals surface area contributed by atoms with Crippen LogP contribution in [0.1, 0.15) is 5.56 Å². The third-order valence-electron chi connectivity index (χ3n) is 1.80. The van der Waals surface area contributed by atoms with E-state index in [4.69, 9.17) is 14.7 Å². The monoisotopic (exact) mass is 267 g/mol. The fourth-order valence-corrected chi connectivity index (χ4v) is 1.56. The van der Waals surface area contributed by atoms with E-state index in [1.165, 1.54) is 14.2 Å². The maximum Gasteiger partial charge on any atom is 0.240 e. The lowest BCUT2D eigenvalue weighted by Crippen LogP contribution is -1.95. The van der Waals surface area contributed by atoms with Gasteiger partial charge in [0, 0.05) is 10.0 Å². The van der Waals surface area contributed by atoms with Crippen molar-refractivity contribution in [2.24, 2.45) is 0 Å². The highest BCUT2D eigenvalue weighted by atomic mass is 79.9. The van der Waals surface area contributed by atoms with Gasteiger partial charge in [0.05, 0.1) is 14.2 Å². The minimum atomic E-state index is 0.163. The third kappa shape index (κ3) is 2.74. The normalized spacial score (nSPS) is 11.3. The Morgan fingerprint density at radius 2 is 2.07 bits per heavy atom. The summed E-state index contributed by atoms with van der Waals surface area (Å²) in [5.74, 6) is 0.594. The summed E-state index contributed by atoms with van der Waals surface area (Å²) in [5, 5.41) is 8.83. The predicted octanol–water partition coefficient (Wildman–Crippen LogP) is 2.93. The van der Waals surface area contributed by atoms with Gasteiger partial charge in [0.15, 0.2) is 5.76 Å². The Morgan fingerprint density at radius 3 is 2.53 bits per heavy atom. The number of benzene rings is 1. The summed E-state index contributed by atoms with van der Waals surface area (Å²) in [6.45, 7) is 0. The number of ether oxygens (including phenoxy) is 2. The summed E-state index contributed by atoms with van der Waals surface area (Å²) in [7, 11) is 2.95. The van der Waals surface area contributed by atoms with E-state index in [0.717, 1.165) is 10.0 Å². The fourth-order valence-electron chi connectivity index (χ4n) is 1.16. The summed E-state index contributed by atoms with van der Waals surface area (Å²) in [6.07, 6.45) is 0. The van der Waals surface area contributed by atoms with Gasteiger partial charge in [-0.1, -0.05) is 28.1 Å². The molecule has 0 aliphatic rings. The zero-order valence-corrected chi connectivity index (χ0v) is 10.0. The van der Waals surface area contributed by atoms with Crippen LogP contribution in [0.4, 0.5) is 0 Å². The summed E-state index contributed by atoms with van der Waals surface area (Å²) in [5.41, 5.74) is 0.797. The summed E-state index contributed by atoms with van der Waals surface area (Å²) >= 11 is 3.35. The van der Waals surface area contributed by atoms with Crippen molar-refractivity contribution in [2.75, 3.05) is 14.2 Å². The van der Waals surface area contributed by atoms with Gasteiger partial charge in [-0.3, -0.25) is 0 Å². The molecular weight excluding hydrogens is 258 g/mol. The molecule has 0 saturated heterocycles. The smallest absolute Gasteiger partial charge is 0.240 e. The molecule has 0 bridgehead atoms. The summed E-state index contributed by atoms with van der Waals surface area (Å²) in [4.78, 5) is 0. The van der Waals surface area contributed by atoms with E-state index >= 15 is 0 Å². The maximum absolute atomic E-state index is 8.83. The zero-order valence-electron chi connectivity index (χ0n) is 8.45. The van der Waals surface area contributed by atoms with Crippen molar-refractivity contribution in [2.45, 2.75) is 0 Å². The molecule has 0 N–H and O–H groups in total. The molecule has 0 aliphatic heterocycles. The lowest BCUT2D eigenvalue weighted by molar-refractivity contribution is 0.281. The van der Waals surface area contributed by atoms with Gasteiger partial charge in [0.2, 0.25) is 5.76 Å². The number of allylic oxidation sites excluding steroid dienone is 1. The van der Waals surface area contributed by atoms with Crippen molar-refractivity contribution in [3.05, 3.63) is 40.1 Å². The van der Waals surface area contributed by atoms with Crippen LogP contribution in [-0.4, -0.2) is 14.2 Å². The standard InChI is InChI=1S/C11H10BrNO2/c1-14-10(7-13)11(15-2)8-4-3-5-9(12)6-8/h3-6H,1-2H3. The van der Waals surface area contributed by atoms with Crippen LogP contribution in [0.25, 0.3) is 5.76 Å². The highest BCUT2D eigenvalue weighted by Gasteiger charge is 2.10. The van der Waals surface area contributed by atoms with Crippen molar-refractivity contribution < 1.29 is 9.47 Å². The number of halogens is 1. The van der Waals surface area contributed by atoms with E-state index in [0.29, 0.717) is 5.76 Å². The van der Waals surface area contributed by atoms with Crippen LogP contribution >= 0.6 is 15.9 Å². The molecule has 0 fully saturated rings. The van der Waals surface area contributed by atoms with Crippen LogP contribution in [0.15, 0.2) is 34.5 Å². The quantitative estimate of drug-likeness (QED) is 0.625. The minimum Gasteiger partial charge on any atom is -0.492 e. The minimum absolute atomic E-state index is 0.163. The predicted molar refractivity (Wildman–Crippen MR) is 60.7 cm³/mol. The molecule has 0 heterocycles. The first-order chi connectivity index (χ1) is 7.22. The molecule has 0 radical (unpaired) electrons. The Morgan fingerprint density at radius 1 is 1.33 bits per heavy atom. The Bertz CT molecular complexity index is 421. The molecule has 4 heteroatoms. The molecule has 0 spiro atoms. The van der Waals surface area contributed by atoms with Gasteiger partial charge >= 0.3 is 0 Å². The van der Waals surface area contributed by atoms with Crippen molar-refractivity contribution in [3.8, 4) is 6.07 Å². The van der Waals surface area contributed by atoms with E-state index in [1.807, 2.05) is 30.3 Å². The van der Waals surface area contributed by atoms with E-state index in [2.05, 4.69) is 15.9 Å². The van der Waals surface area contributed by atoms with Crippen LogP contribution in [0.2, 0.25) is 0 Å². The second-order valence-corrected chi connectivity index (χ2v) is 3.60. The number of nitrogens with zero attached hydrogens (tertiary/aromatic N) is 1. The largest absolute Gasteiger partial charge is 0.492 e. The summed E-state index contributed by atoms with van der Waals surface area (Å²) in [6, 6.07) is 9.40. The average Bonchev–Trinajstić information content (AvgIpc) is 2.25. The van der Waals surface area contributed by atoms with Gasteiger partial charge in [-0.05, 0) is 12.1 Å². The molecule has 1 aromatic carbocycles. The first-order valence-corrected chi connectivity index (χ1v) is 5.00. The number of nitriles is 1. The lowest BCUT2D eigenvalue weighted by Gasteiger charge is -2.08. The topological polar surface area (TPSA) is 42.2 Å². The first kappa shape index (κ1) is 11.6. The average molecular weight is 268 g/mol. The molecule has 0 atom stereocenters. The van der Waals surface area contributed by atoms with Crippen LogP contribution in [0.3, 0.4) is 0 Å². The highest BCUT2D eigenvalue weighted by Crippen LogP contribution is 2.22.